The molecule has 1 aromatic carbocycles. The van der Waals surface area contributed by atoms with Crippen molar-refractivity contribution in [3.8, 4) is 0 Å². The molecule has 5 nitrogen and oxygen atoms in total. The molecule has 1 amide bonds. The molecule has 0 aromatic heterocycles. The molecule has 2 aliphatic heterocycles. The standard InChI is InChI=1S/C22H33N3O2S/c1-15(16-5-3-2-4-6-16)23-17-7-8-19-20(13-17)24-21(25-22(19)26)14-28-18-9-11-27-12-10-18/h2-6,15,17-21,23-24H,7-14H2,1H3,(H,25,26). The summed E-state index contributed by atoms with van der Waals surface area (Å²) < 4.78 is 5.45. The van der Waals surface area contributed by atoms with Crippen molar-refractivity contribution in [1.29, 1.82) is 0 Å². The quantitative estimate of drug-likeness (QED) is 0.682. The van der Waals surface area contributed by atoms with E-state index in [2.05, 4.69) is 53.2 Å². The molecular weight excluding hydrogens is 370 g/mol. The molecule has 0 radical (unpaired) electrons. The summed E-state index contributed by atoms with van der Waals surface area (Å²) in [6.07, 6.45) is 5.39. The van der Waals surface area contributed by atoms with Crippen molar-refractivity contribution in [2.24, 2.45) is 5.92 Å². The molecule has 4 rings (SSSR count). The van der Waals surface area contributed by atoms with Gasteiger partial charge in [0.2, 0.25) is 5.91 Å². The van der Waals surface area contributed by atoms with Gasteiger partial charge in [0.25, 0.3) is 0 Å². The van der Waals surface area contributed by atoms with Gasteiger partial charge in [-0.2, -0.15) is 11.8 Å². The van der Waals surface area contributed by atoms with Gasteiger partial charge in [0.1, 0.15) is 0 Å². The van der Waals surface area contributed by atoms with Crippen LogP contribution in [0.3, 0.4) is 0 Å². The van der Waals surface area contributed by atoms with Gasteiger partial charge in [-0.05, 0) is 44.6 Å². The monoisotopic (exact) mass is 403 g/mol. The molecule has 1 aromatic rings. The van der Waals surface area contributed by atoms with Crippen LogP contribution in [-0.4, -0.2) is 48.4 Å². The fourth-order valence-electron chi connectivity index (χ4n) is 4.76. The van der Waals surface area contributed by atoms with Gasteiger partial charge in [0.15, 0.2) is 0 Å². The van der Waals surface area contributed by atoms with Crippen LogP contribution in [0.1, 0.15) is 50.6 Å². The van der Waals surface area contributed by atoms with Gasteiger partial charge in [0, 0.05) is 42.3 Å². The van der Waals surface area contributed by atoms with Crippen molar-refractivity contribution in [1.82, 2.24) is 16.0 Å². The summed E-state index contributed by atoms with van der Waals surface area (Å²) in [5.74, 6) is 1.31. The Morgan fingerprint density at radius 2 is 1.96 bits per heavy atom. The fourth-order valence-corrected chi connectivity index (χ4v) is 5.92. The largest absolute Gasteiger partial charge is 0.381 e. The first-order valence-corrected chi connectivity index (χ1v) is 11.8. The first-order valence-electron chi connectivity index (χ1n) is 10.8. The third-order valence-corrected chi connectivity index (χ3v) is 7.84. The van der Waals surface area contributed by atoms with Crippen LogP contribution >= 0.6 is 11.8 Å². The molecule has 0 bridgehead atoms. The molecule has 5 atom stereocenters. The minimum atomic E-state index is 0.0897. The Kier molecular flexibility index (Phi) is 6.94. The molecule has 5 unspecified atom stereocenters. The zero-order valence-corrected chi connectivity index (χ0v) is 17.5. The van der Waals surface area contributed by atoms with E-state index >= 15 is 0 Å². The first kappa shape index (κ1) is 20.2. The molecule has 2 saturated heterocycles. The zero-order valence-electron chi connectivity index (χ0n) is 16.7. The highest BCUT2D eigenvalue weighted by molar-refractivity contribution is 7.99. The highest BCUT2D eigenvalue weighted by Gasteiger charge is 2.40. The molecule has 6 heteroatoms. The van der Waals surface area contributed by atoms with Crippen LogP contribution in [0, 0.1) is 5.92 Å². The lowest BCUT2D eigenvalue weighted by Crippen LogP contribution is -2.64. The number of nitrogens with one attached hydrogen (secondary N) is 3. The number of thioether (sulfide) groups is 1. The van der Waals surface area contributed by atoms with E-state index in [1.165, 1.54) is 5.56 Å². The lowest BCUT2D eigenvalue weighted by Gasteiger charge is -2.43. The van der Waals surface area contributed by atoms with Gasteiger partial charge in [-0.3, -0.25) is 10.1 Å². The van der Waals surface area contributed by atoms with E-state index < -0.39 is 0 Å². The van der Waals surface area contributed by atoms with Gasteiger partial charge in [-0.15, -0.1) is 0 Å². The third kappa shape index (κ3) is 5.09. The number of ether oxygens (including phenoxy) is 1. The number of hydrogen-bond acceptors (Lipinski definition) is 5. The summed E-state index contributed by atoms with van der Waals surface area (Å²) >= 11 is 1.98. The summed E-state index contributed by atoms with van der Waals surface area (Å²) in [6.45, 7) is 3.98. The molecule has 2 heterocycles. The molecule has 3 N–H and O–H groups in total. The maximum atomic E-state index is 12.6. The van der Waals surface area contributed by atoms with Gasteiger partial charge >= 0.3 is 0 Å². The number of benzene rings is 1. The average molecular weight is 404 g/mol. The lowest BCUT2D eigenvalue weighted by molar-refractivity contribution is -0.130. The SMILES string of the molecule is CC(NC1CCC2C(=O)NC(CSC3CCOCC3)NC2C1)c1ccccc1. The number of amides is 1. The predicted octanol–water partition coefficient (Wildman–Crippen LogP) is 2.83. The van der Waals surface area contributed by atoms with Crippen LogP contribution in [0.5, 0.6) is 0 Å². The van der Waals surface area contributed by atoms with E-state index in [0.29, 0.717) is 17.3 Å². The Morgan fingerprint density at radius 1 is 1.18 bits per heavy atom. The lowest BCUT2D eigenvalue weighted by atomic mass is 9.79. The molecule has 154 valence electrons. The van der Waals surface area contributed by atoms with Crippen molar-refractivity contribution >= 4 is 17.7 Å². The molecule has 28 heavy (non-hydrogen) atoms. The second-order valence-electron chi connectivity index (χ2n) is 8.39. The minimum absolute atomic E-state index is 0.0897. The van der Waals surface area contributed by atoms with E-state index in [1.54, 1.807) is 0 Å². The van der Waals surface area contributed by atoms with E-state index in [1.807, 2.05) is 11.8 Å². The smallest absolute Gasteiger partial charge is 0.225 e. The van der Waals surface area contributed by atoms with Crippen molar-refractivity contribution in [3.63, 3.8) is 0 Å². The second-order valence-corrected chi connectivity index (χ2v) is 9.73. The van der Waals surface area contributed by atoms with Crippen LogP contribution in [0.2, 0.25) is 0 Å². The van der Waals surface area contributed by atoms with E-state index in [4.69, 9.17) is 4.74 Å². The molecule has 1 aliphatic carbocycles. The minimum Gasteiger partial charge on any atom is -0.381 e. The second kappa shape index (κ2) is 9.61. The Balaban J connectivity index is 1.29. The number of carbonyl (C=O) groups is 1. The Bertz CT molecular complexity index is 638. The summed E-state index contributed by atoms with van der Waals surface area (Å²) in [5, 5.41) is 11.4. The first-order chi connectivity index (χ1) is 13.7. The molecular formula is C22H33N3O2S. The van der Waals surface area contributed by atoms with Gasteiger partial charge in [-0.1, -0.05) is 30.3 Å². The molecule has 1 saturated carbocycles. The van der Waals surface area contributed by atoms with Gasteiger partial charge in [0.05, 0.1) is 12.1 Å². The number of rotatable bonds is 6. The van der Waals surface area contributed by atoms with Crippen molar-refractivity contribution in [2.75, 3.05) is 19.0 Å². The summed E-state index contributed by atoms with van der Waals surface area (Å²) in [4.78, 5) is 12.6. The third-order valence-electron chi connectivity index (χ3n) is 6.37. The zero-order chi connectivity index (χ0) is 19.3. The Morgan fingerprint density at radius 3 is 2.75 bits per heavy atom. The number of fused-ring (bicyclic) bond motifs is 1. The van der Waals surface area contributed by atoms with Crippen molar-refractivity contribution in [3.05, 3.63) is 35.9 Å². The highest BCUT2D eigenvalue weighted by atomic mass is 32.2. The van der Waals surface area contributed by atoms with Crippen LogP contribution in [0.25, 0.3) is 0 Å². The number of carbonyl (C=O) groups excluding carboxylic acids is 1. The molecule has 0 spiro atoms. The number of hydrogen-bond donors (Lipinski definition) is 3. The normalized spacial score (nSPS) is 32.4. The van der Waals surface area contributed by atoms with Gasteiger partial charge in [-0.25, -0.2) is 0 Å². The summed E-state index contributed by atoms with van der Waals surface area (Å²) in [7, 11) is 0. The van der Waals surface area contributed by atoms with Crippen LogP contribution in [0.4, 0.5) is 0 Å². The maximum Gasteiger partial charge on any atom is 0.225 e. The van der Waals surface area contributed by atoms with Crippen molar-refractivity contribution in [2.45, 2.75) is 68.6 Å². The van der Waals surface area contributed by atoms with E-state index in [9.17, 15) is 4.79 Å². The highest BCUT2D eigenvalue weighted by Crippen LogP contribution is 2.30. The predicted molar refractivity (Wildman–Crippen MR) is 114 cm³/mol. The molecule has 3 fully saturated rings. The van der Waals surface area contributed by atoms with E-state index in [-0.39, 0.29) is 24.0 Å². The molecule has 3 aliphatic rings. The van der Waals surface area contributed by atoms with Gasteiger partial charge < -0.3 is 15.4 Å². The average Bonchev–Trinajstić information content (AvgIpc) is 2.73. The Hall–Kier alpha value is -1.08. The van der Waals surface area contributed by atoms with Crippen LogP contribution < -0.4 is 16.0 Å². The van der Waals surface area contributed by atoms with Crippen molar-refractivity contribution < 1.29 is 9.53 Å². The fraction of sp³-hybridized carbons (Fsp3) is 0.682. The topological polar surface area (TPSA) is 62.4 Å². The van der Waals surface area contributed by atoms with Crippen LogP contribution in [-0.2, 0) is 9.53 Å². The summed E-state index contributed by atoms with van der Waals surface area (Å²) in [5.41, 5.74) is 1.32. The Labute approximate surface area is 172 Å². The van der Waals surface area contributed by atoms with E-state index in [0.717, 1.165) is 51.1 Å². The summed E-state index contributed by atoms with van der Waals surface area (Å²) in [6, 6.07) is 11.7. The van der Waals surface area contributed by atoms with Crippen LogP contribution in [0.15, 0.2) is 30.3 Å². The maximum absolute atomic E-state index is 12.6.